The molecule has 8 nitrogen and oxygen atoms in total. The van der Waals surface area contributed by atoms with Crippen LogP contribution in [-0.4, -0.2) is 53.7 Å². The van der Waals surface area contributed by atoms with E-state index in [0.717, 1.165) is 42.4 Å². The van der Waals surface area contributed by atoms with Crippen LogP contribution < -0.4 is 10.6 Å². The molecule has 2 aliphatic rings. The zero-order valence-electron chi connectivity index (χ0n) is 23.3. The monoisotopic (exact) mass is 532 g/mol. The van der Waals surface area contributed by atoms with Gasteiger partial charge in [0.2, 0.25) is 17.7 Å². The van der Waals surface area contributed by atoms with E-state index < -0.39 is 5.41 Å². The average Bonchev–Trinajstić information content (AvgIpc) is 3.31. The van der Waals surface area contributed by atoms with E-state index in [1.165, 1.54) is 4.90 Å². The molecule has 8 heteroatoms. The summed E-state index contributed by atoms with van der Waals surface area (Å²) in [7, 11) is 1.55. The first kappa shape index (κ1) is 28.3. The summed E-state index contributed by atoms with van der Waals surface area (Å²) in [6.45, 7) is 4.24. The fraction of sp³-hybridized carbons (Fsp3) is 0.484. The number of imide groups is 1. The Morgan fingerprint density at radius 1 is 1.08 bits per heavy atom. The Morgan fingerprint density at radius 3 is 2.56 bits per heavy atom. The van der Waals surface area contributed by atoms with Crippen LogP contribution in [0, 0.1) is 0 Å². The van der Waals surface area contributed by atoms with Crippen molar-refractivity contribution >= 4 is 29.4 Å². The Labute approximate surface area is 231 Å². The first-order chi connectivity index (χ1) is 18.8. The third-order valence-electron chi connectivity index (χ3n) is 8.14. The molecule has 5 amide bonds. The van der Waals surface area contributed by atoms with Crippen LogP contribution in [0.3, 0.4) is 0 Å². The summed E-state index contributed by atoms with van der Waals surface area (Å²) in [5.41, 5.74) is 2.61. The molecule has 208 valence electrons. The molecule has 4 rings (SSSR count). The normalized spacial score (nSPS) is 20.2. The van der Waals surface area contributed by atoms with Crippen molar-refractivity contribution in [3.63, 3.8) is 0 Å². The first-order valence-electron chi connectivity index (χ1n) is 14.1. The van der Waals surface area contributed by atoms with Gasteiger partial charge in [0.25, 0.3) is 0 Å². The number of anilines is 1. The van der Waals surface area contributed by atoms with Crippen LogP contribution in [0.5, 0.6) is 0 Å². The van der Waals surface area contributed by atoms with Gasteiger partial charge in [0.1, 0.15) is 6.54 Å². The summed E-state index contributed by atoms with van der Waals surface area (Å²) < 4.78 is 0. The molecular formula is C31H40N4O4. The number of carbonyl (C=O) groups excluding carboxylic acids is 4. The molecule has 0 aromatic heterocycles. The number of nitrogens with zero attached hydrogens (tertiary/aromatic N) is 2. The Morgan fingerprint density at radius 2 is 1.85 bits per heavy atom. The maximum Gasteiger partial charge on any atom is 0.318 e. The van der Waals surface area contributed by atoms with Crippen LogP contribution in [0.1, 0.15) is 81.5 Å². The lowest BCUT2D eigenvalue weighted by molar-refractivity contribution is -0.154. The lowest BCUT2D eigenvalue weighted by atomic mass is 9.82. The number of piperidine rings is 1. The quantitative estimate of drug-likeness (QED) is 0.503. The molecule has 1 saturated heterocycles. The van der Waals surface area contributed by atoms with Gasteiger partial charge >= 0.3 is 6.03 Å². The Kier molecular flexibility index (Phi) is 9.04. The van der Waals surface area contributed by atoms with Gasteiger partial charge in [-0.3, -0.25) is 19.3 Å². The molecule has 1 unspecified atom stereocenters. The maximum atomic E-state index is 14.2. The number of aryl methyl sites for hydroxylation is 1. The lowest BCUT2D eigenvalue weighted by Gasteiger charge is -2.38. The molecule has 2 aromatic rings. The third kappa shape index (κ3) is 6.15. The van der Waals surface area contributed by atoms with Gasteiger partial charge in [-0.25, -0.2) is 4.79 Å². The first-order valence-corrected chi connectivity index (χ1v) is 14.1. The van der Waals surface area contributed by atoms with Gasteiger partial charge in [-0.15, -0.1) is 0 Å². The molecule has 0 radical (unpaired) electrons. The molecule has 1 heterocycles. The van der Waals surface area contributed by atoms with Gasteiger partial charge in [-0.05, 0) is 74.3 Å². The highest BCUT2D eigenvalue weighted by atomic mass is 16.2. The number of nitrogens with one attached hydrogen (secondary N) is 2. The number of amides is 5. The minimum absolute atomic E-state index is 0.0517. The standard InChI is InChI=1S/C31H40N4O4/c1-4-5-14-27(36)35(21-28(37)34-19-10-9-13-26(34)22-11-7-6-8-12-22)29(38)31(2)18-17-23-20-24(15-16-25(23)31)33-30(39)32-3/h6-8,11-12,15-16,20,26H,4-5,9-10,13-14,17-19,21H2,1-3H3,(H2,32,33,39)/t26?,31-/m1/s1. The van der Waals surface area contributed by atoms with Crippen LogP contribution >= 0.6 is 0 Å². The van der Waals surface area contributed by atoms with Crippen molar-refractivity contribution in [2.45, 2.75) is 76.7 Å². The largest absolute Gasteiger partial charge is 0.341 e. The molecule has 2 aromatic carbocycles. The summed E-state index contributed by atoms with van der Waals surface area (Å²) in [4.78, 5) is 56.2. The number of rotatable bonds is 8. The number of likely N-dealkylation sites (tertiary alicyclic amines) is 1. The maximum absolute atomic E-state index is 14.2. The second-order valence-electron chi connectivity index (χ2n) is 10.8. The van der Waals surface area contributed by atoms with E-state index >= 15 is 0 Å². The molecule has 2 atom stereocenters. The second kappa shape index (κ2) is 12.5. The Bertz CT molecular complexity index is 1210. The fourth-order valence-corrected chi connectivity index (χ4v) is 5.86. The number of hydrogen-bond acceptors (Lipinski definition) is 4. The molecule has 1 fully saturated rings. The highest BCUT2D eigenvalue weighted by Crippen LogP contribution is 2.41. The summed E-state index contributed by atoms with van der Waals surface area (Å²) in [5, 5.41) is 5.31. The van der Waals surface area contributed by atoms with Gasteiger partial charge in [0, 0.05) is 25.7 Å². The minimum atomic E-state index is -0.927. The molecule has 39 heavy (non-hydrogen) atoms. The number of hydrogen-bond donors (Lipinski definition) is 2. The zero-order valence-corrected chi connectivity index (χ0v) is 23.3. The molecule has 0 saturated carbocycles. The van der Waals surface area contributed by atoms with Crippen LogP contribution in [0.4, 0.5) is 10.5 Å². The van der Waals surface area contributed by atoms with E-state index in [4.69, 9.17) is 0 Å². The number of urea groups is 1. The van der Waals surface area contributed by atoms with Crippen LogP contribution in [0.25, 0.3) is 0 Å². The van der Waals surface area contributed by atoms with Crippen molar-refractivity contribution in [1.82, 2.24) is 15.1 Å². The van der Waals surface area contributed by atoms with Gasteiger partial charge in [0.15, 0.2) is 0 Å². The fourth-order valence-electron chi connectivity index (χ4n) is 5.86. The van der Waals surface area contributed by atoms with Crippen molar-refractivity contribution in [3.05, 3.63) is 65.2 Å². The lowest BCUT2D eigenvalue weighted by Crippen LogP contribution is -2.52. The number of benzene rings is 2. The summed E-state index contributed by atoms with van der Waals surface area (Å²) in [6, 6.07) is 15.1. The minimum Gasteiger partial charge on any atom is -0.341 e. The van der Waals surface area contributed by atoms with E-state index in [1.54, 1.807) is 13.1 Å². The molecule has 1 aliphatic carbocycles. The van der Waals surface area contributed by atoms with Crippen molar-refractivity contribution in [2.75, 3.05) is 25.5 Å². The summed E-state index contributed by atoms with van der Waals surface area (Å²) in [5.74, 6) is -0.805. The predicted octanol–water partition coefficient (Wildman–Crippen LogP) is 4.94. The van der Waals surface area contributed by atoms with Crippen LogP contribution in [-0.2, 0) is 26.2 Å². The molecular weight excluding hydrogens is 492 g/mol. The second-order valence-corrected chi connectivity index (χ2v) is 10.8. The molecule has 1 aliphatic heterocycles. The van der Waals surface area contributed by atoms with Gasteiger partial charge < -0.3 is 15.5 Å². The number of fused-ring (bicyclic) bond motifs is 1. The van der Waals surface area contributed by atoms with Crippen LogP contribution in [0.15, 0.2) is 48.5 Å². The van der Waals surface area contributed by atoms with E-state index in [-0.39, 0.29) is 42.8 Å². The molecule has 2 N–H and O–H groups in total. The van der Waals surface area contributed by atoms with Gasteiger partial charge in [-0.1, -0.05) is 49.7 Å². The SMILES string of the molecule is CCCCC(=O)N(CC(=O)N1CCCCC1c1ccccc1)C(=O)[C@]1(C)CCc2cc(NC(=O)NC)ccc21. The van der Waals surface area contributed by atoms with Crippen molar-refractivity contribution in [3.8, 4) is 0 Å². The van der Waals surface area contributed by atoms with E-state index in [9.17, 15) is 19.2 Å². The van der Waals surface area contributed by atoms with E-state index in [2.05, 4.69) is 10.6 Å². The highest BCUT2D eigenvalue weighted by Gasteiger charge is 2.45. The predicted molar refractivity (Wildman–Crippen MR) is 151 cm³/mol. The Balaban J connectivity index is 1.59. The summed E-state index contributed by atoms with van der Waals surface area (Å²) in [6.07, 6.45) is 5.71. The summed E-state index contributed by atoms with van der Waals surface area (Å²) >= 11 is 0. The third-order valence-corrected chi connectivity index (χ3v) is 8.14. The topological polar surface area (TPSA) is 98.8 Å². The van der Waals surface area contributed by atoms with Crippen LogP contribution in [0.2, 0.25) is 0 Å². The Hall–Kier alpha value is -3.68. The zero-order chi connectivity index (χ0) is 28.0. The molecule has 0 bridgehead atoms. The number of unbranched alkanes of at least 4 members (excludes halogenated alkanes) is 1. The van der Waals surface area contributed by atoms with Gasteiger partial charge in [0.05, 0.1) is 11.5 Å². The molecule has 0 spiro atoms. The van der Waals surface area contributed by atoms with Crippen molar-refractivity contribution in [1.29, 1.82) is 0 Å². The highest BCUT2D eigenvalue weighted by molar-refractivity contribution is 6.04. The number of carbonyl (C=O) groups is 4. The van der Waals surface area contributed by atoms with Crippen molar-refractivity contribution in [2.24, 2.45) is 0 Å². The smallest absolute Gasteiger partial charge is 0.318 e. The van der Waals surface area contributed by atoms with E-state index in [0.29, 0.717) is 31.5 Å². The average molecular weight is 533 g/mol. The van der Waals surface area contributed by atoms with Gasteiger partial charge in [-0.2, -0.15) is 0 Å². The van der Waals surface area contributed by atoms with Crippen molar-refractivity contribution < 1.29 is 19.2 Å². The van der Waals surface area contributed by atoms with E-state index in [1.807, 2.05) is 61.2 Å².